The molecule has 0 spiro atoms. The van der Waals surface area contributed by atoms with E-state index in [1.54, 1.807) is 23.0 Å². The van der Waals surface area contributed by atoms with Crippen LogP contribution < -0.4 is 5.32 Å². The van der Waals surface area contributed by atoms with Crippen molar-refractivity contribution in [3.8, 4) is 5.69 Å². The molecule has 4 rings (SSSR count). The summed E-state index contributed by atoms with van der Waals surface area (Å²) in [4.78, 5) is 22.8. The Balaban J connectivity index is 1.43. The van der Waals surface area contributed by atoms with Gasteiger partial charge in [-0.05, 0) is 50.0 Å². The second kappa shape index (κ2) is 10.4. The smallest absolute Gasteiger partial charge is 0.251 e. The Bertz CT molecular complexity index is 1280. The standard InChI is InChI=1S/C23H23BrN8O/c1-31(2)11-10-25-23(33)17-8-6-16(7-9-17)13-28-30-21-20-14-29-32(22(20)27-15-26-21)19-5-3-4-18(24)12-19/h3-9,12,14-15H,10-11,13H2,1-2H3,(H,25,33). The van der Waals surface area contributed by atoms with Crippen molar-refractivity contribution < 1.29 is 4.79 Å². The first-order valence-corrected chi connectivity index (χ1v) is 11.1. The van der Waals surface area contributed by atoms with Crippen molar-refractivity contribution in [2.45, 2.75) is 6.54 Å². The van der Waals surface area contributed by atoms with Gasteiger partial charge >= 0.3 is 0 Å². The van der Waals surface area contributed by atoms with E-state index in [1.165, 1.54) is 6.33 Å². The zero-order chi connectivity index (χ0) is 23.2. The molecule has 168 valence electrons. The number of carbonyl (C=O) groups is 1. The topological polar surface area (TPSA) is 101 Å². The first-order valence-electron chi connectivity index (χ1n) is 10.4. The van der Waals surface area contributed by atoms with Crippen LogP contribution in [0.1, 0.15) is 15.9 Å². The highest BCUT2D eigenvalue weighted by atomic mass is 79.9. The second-order valence-electron chi connectivity index (χ2n) is 7.63. The van der Waals surface area contributed by atoms with E-state index in [1.807, 2.05) is 55.4 Å². The summed E-state index contributed by atoms with van der Waals surface area (Å²) < 4.78 is 2.69. The largest absolute Gasteiger partial charge is 0.351 e. The molecule has 9 nitrogen and oxygen atoms in total. The van der Waals surface area contributed by atoms with Crippen molar-refractivity contribution in [2.75, 3.05) is 27.2 Å². The summed E-state index contributed by atoms with van der Waals surface area (Å²) in [5.74, 6) is 0.369. The lowest BCUT2D eigenvalue weighted by Crippen LogP contribution is -2.31. The van der Waals surface area contributed by atoms with E-state index in [9.17, 15) is 4.79 Å². The van der Waals surface area contributed by atoms with Gasteiger partial charge in [0.15, 0.2) is 11.5 Å². The van der Waals surface area contributed by atoms with Crippen molar-refractivity contribution in [2.24, 2.45) is 10.2 Å². The molecule has 10 heteroatoms. The third-order valence-corrected chi connectivity index (χ3v) is 5.37. The summed E-state index contributed by atoms with van der Waals surface area (Å²) in [5, 5.41) is 16.6. The Morgan fingerprint density at radius 1 is 1.15 bits per heavy atom. The monoisotopic (exact) mass is 506 g/mol. The normalized spacial score (nSPS) is 11.5. The van der Waals surface area contributed by atoms with E-state index in [0.717, 1.165) is 22.3 Å². The number of likely N-dealkylation sites (N-methyl/N-ethyl adjacent to an activating group) is 1. The number of aromatic nitrogens is 4. The average Bonchev–Trinajstić information content (AvgIpc) is 3.24. The summed E-state index contributed by atoms with van der Waals surface area (Å²) in [5.41, 5.74) is 3.10. The molecule has 1 amide bonds. The molecule has 0 radical (unpaired) electrons. The third kappa shape index (κ3) is 5.65. The molecular formula is C23H23BrN8O. The number of hydrogen-bond donors (Lipinski definition) is 1. The van der Waals surface area contributed by atoms with Crippen molar-refractivity contribution >= 4 is 38.7 Å². The fourth-order valence-electron chi connectivity index (χ4n) is 3.15. The number of nitrogens with zero attached hydrogens (tertiary/aromatic N) is 7. The van der Waals surface area contributed by atoms with Crippen molar-refractivity contribution in [1.82, 2.24) is 30.0 Å². The number of amides is 1. The second-order valence-corrected chi connectivity index (χ2v) is 8.54. The number of fused-ring (bicyclic) bond motifs is 1. The van der Waals surface area contributed by atoms with Crippen LogP contribution in [-0.4, -0.2) is 57.7 Å². The maximum absolute atomic E-state index is 12.2. The number of benzene rings is 2. The van der Waals surface area contributed by atoms with Gasteiger partial charge in [-0.15, -0.1) is 5.11 Å². The molecule has 2 aromatic heterocycles. The number of hydrogen-bond acceptors (Lipinski definition) is 7. The molecule has 0 saturated carbocycles. The van der Waals surface area contributed by atoms with Gasteiger partial charge in [-0.25, -0.2) is 14.6 Å². The lowest BCUT2D eigenvalue weighted by Gasteiger charge is -2.10. The highest BCUT2D eigenvalue weighted by molar-refractivity contribution is 9.10. The fourth-order valence-corrected chi connectivity index (χ4v) is 3.54. The maximum atomic E-state index is 12.2. The van der Waals surface area contributed by atoms with E-state index in [4.69, 9.17) is 0 Å². The molecular weight excluding hydrogens is 484 g/mol. The van der Waals surface area contributed by atoms with Crippen molar-refractivity contribution in [1.29, 1.82) is 0 Å². The quantitative estimate of drug-likeness (QED) is 0.361. The van der Waals surface area contributed by atoms with E-state index in [0.29, 0.717) is 35.5 Å². The summed E-state index contributed by atoms with van der Waals surface area (Å²) in [6, 6.07) is 15.1. The van der Waals surface area contributed by atoms with Gasteiger partial charge in [0, 0.05) is 23.1 Å². The summed E-state index contributed by atoms with van der Waals surface area (Å²) >= 11 is 3.48. The lowest BCUT2D eigenvalue weighted by molar-refractivity contribution is 0.0951. The Hall–Kier alpha value is -3.50. The molecule has 0 fully saturated rings. The SMILES string of the molecule is CN(C)CCNC(=O)c1ccc(CN=Nc2ncnc3c2cnn3-c2cccc(Br)c2)cc1. The Morgan fingerprint density at radius 2 is 1.97 bits per heavy atom. The Morgan fingerprint density at radius 3 is 2.73 bits per heavy atom. The van der Waals surface area contributed by atoms with Crippen LogP contribution in [0.25, 0.3) is 16.7 Å². The van der Waals surface area contributed by atoms with Gasteiger partial charge in [-0.1, -0.05) is 34.1 Å². The minimum absolute atomic E-state index is 0.0872. The maximum Gasteiger partial charge on any atom is 0.251 e. The van der Waals surface area contributed by atoms with Gasteiger partial charge in [0.25, 0.3) is 5.91 Å². The predicted octanol–water partition coefficient (Wildman–Crippen LogP) is 4.15. The molecule has 4 aromatic rings. The number of halogens is 1. The average molecular weight is 507 g/mol. The van der Waals surface area contributed by atoms with Crippen LogP contribution in [0, 0.1) is 0 Å². The minimum atomic E-state index is -0.0872. The Labute approximate surface area is 199 Å². The van der Waals surface area contributed by atoms with Gasteiger partial charge < -0.3 is 10.2 Å². The first kappa shape index (κ1) is 22.7. The summed E-state index contributed by atoms with van der Waals surface area (Å²) in [7, 11) is 3.94. The van der Waals surface area contributed by atoms with Gasteiger partial charge in [-0.3, -0.25) is 4.79 Å². The van der Waals surface area contributed by atoms with Crippen LogP contribution in [0.3, 0.4) is 0 Å². The summed E-state index contributed by atoms with van der Waals surface area (Å²) in [6.45, 7) is 1.77. The van der Waals surface area contributed by atoms with Crippen LogP contribution in [0.5, 0.6) is 0 Å². The molecule has 1 N–H and O–H groups in total. The molecule has 0 aliphatic rings. The van der Waals surface area contributed by atoms with Crippen LogP contribution >= 0.6 is 15.9 Å². The fraction of sp³-hybridized carbons (Fsp3) is 0.217. The van der Waals surface area contributed by atoms with Gasteiger partial charge in [0.1, 0.15) is 6.33 Å². The number of nitrogens with one attached hydrogen (secondary N) is 1. The van der Waals surface area contributed by atoms with Crippen molar-refractivity contribution in [3.05, 3.63) is 76.7 Å². The van der Waals surface area contributed by atoms with E-state index in [2.05, 4.69) is 46.5 Å². The van der Waals surface area contributed by atoms with Crippen molar-refractivity contribution in [3.63, 3.8) is 0 Å². The molecule has 2 heterocycles. The molecule has 33 heavy (non-hydrogen) atoms. The first-order chi connectivity index (χ1) is 16.0. The van der Waals surface area contributed by atoms with E-state index < -0.39 is 0 Å². The predicted molar refractivity (Wildman–Crippen MR) is 130 cm³/mol. The van der Waals surface area contributed by atoms with Crippen LogP contribution in [0.2, 0.25) is 0 Å². The molecule has 0 bridgehead atoms. The highest BCUT2D eigenvalue weighted by Gasteiger charge is 2.11. The van der Waals surface area contributed by atoms with Gasteiger partial charge in [0.05, 0.1) is 23.8 Å². The van der Waals surface area contributed by atoms with Crippen LogP contribution in [-0.2, 0) is 6.54 Å². The number of azo groups is 1. The molecule has 0 aliphatic heterocycles. The molecule has 0 unspecified atom stereocenters. The lowest BCUT2D eigenvalue weighted by atomic mass is 10.1. The molecule has 2 aromatic carbocycles. The van der Waals surface area contributed by atoms with E-state index >= 15 is 0 Å². The van der Waals surface area contributed by atoms with Gasteiger partial charge in [-0.2, -0.15) is 10.2 Å². The third-order valence-electron chi connectivity index (χ3n) is 4.88. The van der Waals surface area contributed by atoms with Gasteiger partial charge in [0.2, 0.25) is 0 Å². The highest BCUT2D eigenvalue weighted by Crippen LogP contribution is 2.25. The zero-order valence-electron chi connectivity index (χ0n) is 18.3. The summed E-state index contributed by atoms with van der Waals surface area (Å²) in [6.07, 6.45) is 3.14. The zero-order valence-corrected chi connectivity index (χ0v) is 19.9. The number of rotatable bonds is 8. The molecule has 0 atom stereocenters. The molecule has 0 saturated heterocycles. The molecule has 0 aliphatic carbocycles. The number of carbonyl (C=O) groups excluding carboxylic acids is 1. The van der Waals surface area contributed by atoms with E-state index in [-0.39, 0.29) is 5.91 Å². The Kier molecular flexibility index (Phi) is 7.16. The van der Waals surface area contributed by atoms with Crippen LogP contribution in [0.15, 0.2) is 75.8 Å². The minimum Gasteiger partial charge on any atom is -0.351 e. The van der Waals surface area contributed by atoms with Crippen LogP contribution in [0.4, 0.5) is 5.82 Å².